The second kappa shape index (κ2) is 8.70. The van der Waals surface area contributed by atoms with Crippen molar-refractivity contribution in [3.05, 3.63) is 104 Å². The topological polar surface area (TPSA) is 90.2 Å². The number of nitrogens with zero attached hydrogens (tertiary/aromatic N) is 2. The summed E-state index contributed by atoms with van der Waals surface area (Å²) in [5.41, 5.74) is 2.54. The van der Waals surface area contributed by atoms with Crippen LogP contribution in [0.5, 0.6) is 0 Å². The van der Waals surface area contributed by atoms with Gasteiger partial charge in [-0.3, -0.25) is 19.0 Å². The third-order valence-corrected chi connectivity index (χ3v) is 5.43. The number of ketones is 1. The lowest BCUT2D eigenvalue weighted by molar-refractivity contribution is -0.116. The first-order valence-corrected chi connectivity index (χ1v) is 10.5. The summed E-state index contributed by atoms with van der Waals surface area (Å²) in [6.45, 7) is 4.95. The van der Waals surface area contributed by atoms with Crippen molar-refractivity contribution in [2.75, 3.05) is 5.32 Å². The normalized spacial score (nSPS) is 10.9. The number of hydrogen-bond donors (Lipinski definition) is 1. The number of Topliss-reactive ketones (excluding diaryl/α,β-unsaturated/α-hetero) is 1. The second-order valence-electron chi connectivity index (χ2n) is 8.05. The summed E-state index contributed by atoms with van der Waals surface area (Å²) < 4.78 is 2.33. The van der Waals surface area contributed by atoms with Crippen LogP contribution in [0.25, 0.3) is 16.6 Å². The Balaban J connectivity index is 1.85. The van der Waals surface area contributed by atoms with Crippen molar-refractivity contribution in [2.45, 2.75) is 27.3 Å². The van der Waals surface area contributed by atoms with Crippen molar-refractivity contribution >= 4 is 28.3 Å². The van der Waals surface area contributed by atoms with Gasteiger partial charge >= 0.3 is 5.69 Å². The molecule has 0 spiro atoms. The first kappa shape index (κ1) is 22.0. The van der Waals surface area contributed by atoms with E-state index >= 15 is 0 Å². The van der Waals surface area contributed by atoms with E-state index in [4.69, 9.17) is 0 Å². The third kappa shape index (κ3) is 4.39. The zero-order valence-corrected chi connectivity index (χ0v) is 18.6. The molecule has 33 heavy (non-hydrogen) atoms. The second-order valence-corrected chi connectivity index (χ2v) is 8.05. The molecule has 0 saturated carbocycles. The van der Waals surface area contributed by atoms with Gasteiger partial charge in [0.05, 0.1) is 16.6 Å². The number of aromatic nitrogens is 2. The van der Waals surface area contributed by atoms with E-state index in [-0.39, 0.29) is 18.2 Å². The molecule has 0 bridgehead atoms. The summed E-state index contributed by atoms with van der Waals surface area (Å²) >= 11 is 0. The van der Waals surface area contributed by atoms with Crippen LogP contribution in [0.2, 0.25) is 0 Å². The summed E-state index contributed by atoms with van der Waals surface area (Å²) in [5.74, 6) is -0.505. The predicted octanol–water partition coefficient (Wildman–Crippen LogP) is 3.61. The molecule has 0 aliphatic rings. The molecule has 1 heterocycles. The highest BCUT2D eigenvalue weighted by molar-refractivity contribution is 5.94. The Labute approximate surface area is 189 Å². The molecule has 4 rings (SSSR count). The van der Waals surface area contributed by atoms with Crippen molar-refractivity contribution < 1.29 is 9.59 Å². The Bertz CT molecular complexity index is 1510. The molecular weight excluding hydrogens is 418 g/mol. The summed E-state index contributed by atoms with van der Waals surface area (Å²) in [5, 5.41) is 3.13. The zero-order valence-electron chi connectivity index (χ0n) is 18.6. The van der Waals surface area contributed by atoms with Gasteiger partial charge in [-0.2, -0.15) is 0 Å². The van der Waals surface area contributed by atoms with Gasteiger partial charge in [0.2, 0.25) is 5.91 Å². The van der Waals surface area contributed by atoms with Crippen LogP contribution in [0.3, 0.4) is 0 Å². The molecule has 166 valence electrons. The number of aryl methyl sites for hydroxylation is 2. The van der Waals surface area contributed by atoms with Crippen LogP contribution in [0, 0.1) is 13.8 Å². The Morgan fingerprint density at radius 2 is 1.58 bits per heavy atom. The maximum absolute atomic E-state index is 13.4. The van der Waals surface area contributed by atoms with E-state index in [0.29, 0.717) is 27.8 Å². The molecule has 0 fully saturated rings. The minimum absolute atomic E-state index is 0.117. The molecule has 3 aromatic carbocycles. The fourth-order valence-corrected chi connectivity index (χ4v) is 3.78. The molecular formula is C26H23N3O4. The van der Waals surface area contributed by atoms with E-state index in [1.54, 1.807) is 48.5 Å². The van der Waals surface area contributed by atoms with E-state index in [1.807, 2.05) is 32.0 Å². The number of carbonyl (C=O) groups excluding carboxylic acids is 2. The first-order valence-electron chi connectivity index (χ1n) is 10.5. The molecule has 4 aromatic rings. The Morgan fingerprint density at radius 3 is 2.24 bits per heavy atom. The lowest BCUT2D eigenvalue weighted by atomic mass is 10.1. The van der Waals surface area contributed by atoms with Gasteiger partial charge in [-0.25, -0.2) is 9.36 Å². The highest BCUT2D eigenvalue weighted by Gasteiger charge is 2.17. The van der Waals surface area contributed by atoms with Crippen LogP contribution in [-0.4, -0.2) is 20.8 Å². The standard InChI is InChI=1S/C26H23N3O4/c1-16-5-4-6-20(13-16)27-24(31)15-28-23-12-7-17(2)14-22(23)25(32)29(26(28)33)21-10-8-19(9-11-21)18(3)30/h4-14H,15H2,1-3H3,(H,27,31). The third-order valence-electron chi connectivity index (χ3n) is 5.43. The molecule has 0 radical (unpaired) electrons. The largest absolute Gasteiger partial charge is 0.336 e. The minimum Gasteiger partial charge on any atom is -0.325 e. The fraction of sp³-hybridized carbons (Fsp3) is 0.154. The van der Waals surface area contributed by atoms with Gasteiger partial charge in [-0.05, 0) is 74.9 Å². The van der Waals surface area contributed by atoms with Gasteiger partial charge in [-0.15, -0.1) is 0 Å². The number of fused-ring (bicyclic) bond motifs is 1. The predicted molar refractivity (Wildman–Crippen MR) is 128 cm³/mol. The van der Waals surface area contributed by atoms with Crippen molar-refractivity contribution in [3.63, 3.8) is 0 Å². The number of hydrogen-bond acceptors (Lipinski definition) is 4. The summed E-state index contributed by atoms with van der Waals surface area (Å²) in [6, 6.07) is 18.8. The van der Waals surface area contributed by atoms with Crippen molar-refractivity contribution in [1.29, 1.82) is 0 Å². The average Bonchev–Trinajstić information content (AvgIpc) is 2.77. The number of carbonyl (C=O) groups is 2. The molecule has 0 aliphatic carbocycles. The van der Waals surface area contributed by atoms with Crippen molar-refractivity contribution in [1.82, 2.24) is 9.13 Å². The molecule has 1 aromatic heterocycles. The molecule has 7 nitrogen and oxygen atoms in total. The molecule has 7 heteroatoms. The highest BCUT2D eigenvalue weighted by Crippen LogP contribution is 2.15. The number of rotatable bonds is 5. The van der Waals surface area contributed by atoms with Gasteiger partial charge in [0, 0.05) is 11.3 Å². The van der Waals surface area contributed by atoms with E-state index in [2.05, 4.69) is 5.32 Å². The quantitative estimate of drug-likeness (QED) is 0.479. The van der Waals surface area contributed by atoms with E-state index < -0.39 is 11.2 Å². The minimum atomic E-state index is -0.633. The first-order chi connectivity index (χ1) is 15.7. The zero-order chi connectivity index (χ0) is 23.7. The molecule has 0 atom stereocenters. The van der Waals surface area contributed by atoms with E-state index in [1.165, 1.54) is 11.5 Å². The Kier molecular flexibility index (Phi) is 5.79. The number of benzene rings is 3. The van der Waals surface area contributed by atoms with Crippen LogP contribution >= 0.6 is 0 Å². The van der Waals surface area contributed by atoms with Gasteiger partial charge in [-0.1, -0.05) is 23.8 Å². The van der Waals surface area contributed by atoms with Crippen molar-refractivity contribution in [2.24, 2.45) is 0 Å². The van der Waals surface area contributed by atoms with Crippen LogP contribution in [0.15, 0.2) is 76.3 Å². The Morgan fingerprint density at radius 1 is 0.879 bits per heavy atom. The van der Waals surface area contributed by atoms with Crippen LogP contribution < -0.4 is 16.6 Å². The van der Waals surface area contributed by atoms with E-state index in [9.17, 15) is 19.2 Å². The van der Waals surface area contributed by atoms with Crippen LogP contribution in [0.4, 0.5) is 5.69 Å². The van der Waals surface area contributed by atoms with Gasteiger partial charge < -0.3 is 5.32 Å². The van der Waals surface area contributed by atoms with Crippen LogP contribution in [0.1, 0.15) is 28.4 Å². The van der Waals surface area contributed by atoms with Gasteiger partial charge in [0.1, 0.15) is 6.54 Å². The molecule has 0 saturated heterocycles. The van der Waals surface area contributed by atoms with Gasteiger partial charge in [0.25, 0.3) is 5.56 Å². The summed E-state index contributed by atoms with van der Waals surface area (Å²) in [6.07, 6.45) is 0. The molecule has 1 amide bonds. The molecule has 0 unspecified atom stereocenters. The van der Waals surface area contributed by atoms with Crippen molar-refractivity contribution in [3.8, 4) is 5.69 Å². The highest BCUT2D eigenvalue weighted by atomic mass is 16.2. The Hall–Kier alpha value is -4.26. The maximum Gasteiger partial charge on any atom is 0.336 e. The lowest BCUT2D eigenvalue weighted by Crippen LogP contribution is -2.40. The monoisotopic (exact) mass is 441 g/mol. The number of anilines is 1. The smallest absolute Gasteiger partial charge is 0.325 e. The molecule has 0 aliphatic heterocycles. The van der Waals surface area contributed by atoms with E-state index in [0.717, 1.165) is 15.7 Å². The van der Waals surface area contributed by atoms with Crippen LogP contribution in [-0.2, 0) is 11.3 Å². The van der Waals surface area contributed by atoms with Gasteiger partial charge in [0.15, 0.2) is 5.78 Å². The molecule has 1 N–H and O–H groups in total. The number of nitrogens with one attached hydrogen (secondary N) is 1. The SMILES string of the molecule is CC(=O)c1ccc(-n2c(=O)c3cc(C)ccc3n(CC(=O)Nc3cccc(C)c3)c2=O)cc1. The average molecular weight is 441 g/mol. The summed E-state index contributed by atoms with van der Waals surface area (Å²) in [7, 11) is 0. The fourth-order valence-electron chi connectivity index (χ4n) is 3.78. The number of amides is 1. The summed E-state index contributed by atoms with van der Waals surface area (Å²) in [4.78, 5) is 51.1. The lowest BCUT2D eigenvalue weighted by Gasteiger charge is -2.15. The maximum atomic E-state index is 13.4.